The van der Waals surface area contributed by atoms with Crippen molar-refractivity contribution in [1.82, 2.24) is 0 Å². The first kappa shape index (κ1) is 13.5. The van der Waals surface area contributed by atoms with Gasteiger partial charge in [-0.2, -0.15) is 0 Å². The van der Waals surface area contributed by atoms with Gasteiger partial charge in [-0.3, -0.25) is 0 Å². The third kappa shape index (κ3) is 3.07. The van der Waals surface area contributed by atoms with Crippen LogP contribution in [-0.4, -0.2) is 11.1 Å². The van der Waals surface area contributed by atoms with Gasteiger partial charge >= 0.3 is 5.97 Å². The molecule has 0 saturated carbocycles. The molecule has 2 aromatic carbocycles. The Hall–Kier alpha value is -2.98. The van der Waals surface area contributed by atoms with E-state index in [2.05, 4.69) is 15.3 Å². The fourth-order valence-electron chi connectivity index (χ4n) is 1.72. The molecule has 0 amide bonds. The van der Waals surface area contributed by atoms with Crippen molar-refractivity contribution in [3.63, 3.8) is 0 Å². The summed E-state index contributed by atoms with van der Waals surface area (Å²) in [4.78, 5) is 13.9. The highest BCUT2D eigenvalue weighted by molar-refractivity contribution is 5.96. The van der Waals surface area contributed by atoms with E-state index in [9.17, 15) is 9.90 Å². The van der Waals surface area contributed by atoms with E-state index in [1.165, 1.54) is 6.07 Å². The highest BCUT2D eigenvalue weighted by atomic mass is 16.4. The molecule has 0 spiro atoms. The second kappa shape index (κ2) is 5.77. The molecular formula is C14H12N4O2. The van der Waals surface area contributed by atoms with Gasteiger partial charge < -0.3 is 10.4 Å². The molecule has 2 rings (SSSR count). The number of carboxylic acids is 1. The fourth-order valence-corrected chi connectivity index (χ4v) is 1.72. The van der Waals surface area contributed by atoms with Gasteiger partial charge in [-0.15, -0.1) is 0 Å². The first-order valence-corrected chi connectivity index (χ1v) is 5.86. The molecule has 20 heavy (non-hydrogen) atoms. The number of carboxylic acid groups (broad SMARTS) is 1. The number of nitrogens with one attached hydrogen (secondary N) is 1. The minimum absolute atomic E-state index is 0.0514. The fraction of sp³-hybridized carbons (Fsp3) is 0.0714. The van der Waals surface area contributed by atoms with Gasteiger partial charge in [0.05, 0.1) is 11.3 Å². The smallest absolute Gasteiger partial charge is 0.337 e. The first-order valence-electron chi connectivity index (χ1n) is 5.86. The molecule has 0 bridgehead atoms. The normalized spacial score (nSPS) is 9.65. The molecule has 0 saturated heterocycles. The monoisotopic (exact) mass is 268 g/mol. The lowest BCUT2D eigenvalue weighted by Crippen LogP contribution is -2.02. The van der Waals surface area contributed by atoms with Gasteiger partial charge in [-0.25, -0.2) is 4.79 Å². The van der Waals surface area contributed by atoms with Gasteiger partial charge in [0.1, 0.15) is 0 Å². The predicted octanol–water partition coefficient (Wildman–Crippen LogP) is 4.38. The topological polar surface area (TPSA) is 98.1 Å². The van der Waals surface area contributed by atoms with Crippen molar-refractivity contribution < 1.29 is 9.90 Å². The van der Waals surface area contributed by atoms with E-state index in [1.807, 2.05) is 31.2 Å². The Morgan fingerprint density at radius 3 is 2.55 bits per heavy atom. The second-order valence-corrected chi connectivity index (χ2v) is 4.22. The van der Waals surface area contributed by atoms with Gasteiger partial charge in [0, 0.05) is 16.3 Å². The van der Waals surface area contributed by atoms with Crippen LogP contribution in [0, 0.1) is 6.92 Å². The van der Waals surface area contributed by atoms with Gasteiger partial charge in [0.25, 0.3) is 0 Å². The van der Waals surface area contributed by atoms with Crippen molar-refractivity contribution in [2.75, 3.05) is 5.32 Å². The molecule has 6 nitrogen and oxygen atoms in total. The van der Waals surface area contributed by atoms with E-state index < -0.39 is 5.97 Å². The van der Waals surface area contributed by atoms with Crippen LogP contribution in [-0.2, 0) is 0 Å². The number of aromatic carboxylic acids is 1. The number of hydrogen-bond acceptors (Lipinski definition) is 3. The molecule has 2 N–H and O–H groups in total. The van der Waals surface area contributed by atoms with E-state index in [0.29, 0.717) is 5.69 Å². The summed E-state index contributed by atoms with van der Waals surface area (Å²) in [6.07, 6.45) is 0. The molecule has 0 unspecified atom stereocenters. The van der Waals surface area contributed by atoms with E-state index in [1.54, 1.807) is 12.1 Å². The Bertz CT molecular complexity index is 689. The van der Waals surface area contributed by atoms with Crippen molar-refractivity contribution in [3.8, 4) is 0 Å². The van der Waals surface area contributed by atoms with Crippen LogP contribution in [0.15, 0.2) is 47.6 Å². The van der Waals surface area contributed by atoms with Crippen molar-refractivity contribution in [3.05, 3.63) is 64.0 Å². The van der Waals surface area contributed by atoms with Gasteiger partial charge in [-0.1, -0.05) is 28.9 Å². The van der Waals surface area contributed by atoms with Gasteiger partial charge in [0.2, 0.25) is 0 Å². The van der Waals surface area contributed by atoms with Crippen LogP contribution >= 0.6 is 0 Å². The van der Waals surface area contributed by atoms with Crippen LogP contribution in [0.2, 0.25) is 0 Å². The van der Waals surface area contributed by atoms with E-state index >= 15 is 0 Å². The summed E-state index contributed by atoms with van der Waals surface area (Å²) in [7, 11) is 0. The average Bonchev–Trinajstić information content (AvgIpc) is 2.43. The van der Waals surface area contributed by atoms with E-state index in [4.69, 9.17) is 5.53 Å². The molecule has 0 aromatic heterocycles. The minimum atomic E-state index is -1.09. The van der Waals surface area contributed by atoms with E-state index in [0.717, 1.165) is 11.3 Å². The molecule has 0 atom stereocenters. The summed E-state index contributed by atoms with van der Waals surface area (Å²) < 4.78 is 0. The molecule has 0 heterocycles. The maximum atomic E-state index is 11.2. The summed E-state index contributed by atoms with van der Waals surface area (Å²) in [5, 5.41) is 15.6. The third-order valence-corrected chi connectivity index (χ3v) is 2.72. The summed E-state index contributed by atoms with van der Waals surface area (Å²) in [6.45, 7) is 1.97. The Morgan fingerprint density at radius 2 is 1.95 bits per heavy atom. The van der Waals surface area contributed by atoms with Gasteiger partial charge in [-0.05, 0) is 36.7 Å². The average molecular weight is 268 g/mol. The Balaban J connectivity index is 2.37. The maximum Gasteiger partial charge on any atom is 0.337 e. The van der Waals surface area contributed by atoms with Crippen LogP contribution in [0.3, 0.4) is 0 Å². The number of benzene rings is 2. The number of carbonyl (C=O) groups is 1. The molecule has 0 radical (unpaired) electrons. The molecule has 100 valence electrons. The number of anilines is 2. The molecule has 2 aromatic rings. The summed E-state index contributed by atoms with van der Waals surface area (Å²) in [5.41, 5.74) is 11.0. The van der Waals surface area contributed by atoms with Crippen LogP contribution in [0.4, 0.5) is 17.1 Å². The number of nitrogens with zero attached hydrogens (tertiary/aromatic N) is 3. The Labute approximate surface area is 115 Å². The number of azide groups is 1. The Morgan fingerprint density at radius 1 is 1.25 bits per heavy atom. The molecular weight excluding hydrogens is 256 g/mol. The molecule has 6 heteroatoms. The van der Waals surface area contributed by atoms with Crippen LogP contribution in [0.25, 0.3) is 10.4 Å². The standard InChI is InChI=1S/C14H12N4O2/c1-9-2-4-10(5-3-9)16-13-7-6-11(17-18-15)8-12(13)14(19)20/h2-8,16H,1H3,(H,19,20). The van der Waals surface area contributed by atoms with Crippen LogP contribution in [0.1, 0.15) is 15.9 Å². The minimum Gasteiger partial charge on any atom is -0.478 e. The highest BCUT2D eigenvalue weighted by Gasteiger charge is 2.11. The number of hydrogen-bond donors (Lipinski definition) is 2. The van der Waals surface area contributed by atoms with Crippen LogP contribution < -0.4 is 5.32 Å². The number of rotatable bonds is 4. The molecule has 0 fully saturated rings. The van der Waals surface area contributed by atoms with Crippen molar-refractivity contribution in [2.45, 2.75) is 6.92 Å². The predicted molar refractivity (Wildman–Crippen MR) is 76.7 cm³/mol. The maximum absolute atomic E-state index is 11.2. The first-order chi connectivity index (χ1) is 9.60. The highest BCUT2D eigenvalue weighted by Crippen LogP contribution is 2.26. The van der Waals surface area contributed by atoms with Crippen LogP contribution in [0.5, 0.6) is 0 Å². The van der Waals surface area contributed by atoms with Crippen molar-refractivity contribution in [2.24, 2.45) is 5.11 Å². The quantitative estimate of drug-likeness (QED) is 0.489. The molecule has 0 aliphatic heterocycles. The zero-order valence-corrected chi connectivity index (χ0v) is 10.7. The molecule has 0 aliphatic rings. The lowest BCUT2D eigenvalue weighted by molar-refractivity contribution is 0.0698. The van der Waals surface area contributed by atoms with Crippen molar-refractivity contribution in [1.29, 1.82) is 0 Å². The number of aryl methyl sites for hydroxylation is 1. The van der Waals surface area contributed by atoms with Gasteiger partial charge in [0.15, 0.2) is 0 Å². The lowest BCUT2D eigenvalue weighted by atomic mass is 10.1. The summed E-state index contributed by atoms with van der Waals surface area (Å²) in [5.74, 6) is -1.09. The van der Waals surface area contributed by atoms with E-state index in [-0.39, 0.29) is 11.3 Å². The Kier molecular flexibility index (Phi) is 3.88. The van der Waals surface area contributed by atoms with Crippen molar-refractivity contribution >= 4 is 23.0 Å². The zero-order chi connectivity index (χ0) is 14.5. The largest absolute Gasteiger partial charge is 0.478 e. The third-order valence-electron chi connectivity index (χ3n) is 2.72. The second-order valence-electron chi connectivity index (χ2n) is 4.22. The zero-order valence-electron chi connectivity index (χ0n) is 10.7. The summed E-state index contributed by atoms with van der Waals surface area (Å²) >= 11 is 0. The summed E-state index contributed by atoms with van der Waals surface area (Å²) in [6, 6.07) is 12.0. The molecule has 0 aliphatic carbocycles. The lowest BCUT2D eigenvalue weighted by Gasteiger charge is -2.10. The SMILES string of the molecule is Cc1ccc(Nc2ccc(N=[N+]=[N-])cc2C(=O)O)cc1.